The molecule has 0 aromatic heterocycles. The van der Waals surface area contributed by atoms with E-state index in [0.29, 0.717) is 26.1 Å². The zero-order valence-electron chi connectivity index (χ0n) is 19.0. The van der Waals surface area contributed by atoms with E-state index in [4.69, 9.17) is 19.7 Å². The minimum absolute atomic E-state index is 0.0847. The highest BCUT2D eigenvalue weighted by molar-refractivity contribution is 5.67. The molecule has 0 aliphatic rings. The molecular weight excluding hydrogens is 362 g/mol. The first-order valence-corrected chi connectivity index (χ1v) is 9.96. The fraction of sp³-hybridized carbons (Fsp3) is 0.905. The molecule has 0 fully saturated rings. The maximum atomic E-state index is 10.8. The first-order chi connectivity index (χ1) is 12.5. The number of ether oxygens (including phenoxy) is 2. The van der Waals surface area contributed by atoms with Crippen LogP contribution >= 0.6 is 0 Å². The van der Waals surface area contributed by atoms with Crippen molar-refractivity contribution in [1.82, 2.24) is 5.32 Å². The van der Waals surface area contributed by atoms with Crippen LogP contribution in [0.3, 0.4) is 0 Å². The number of carboxylic acids is 2. The summed E-state index contributed by atoms with van der Waals surface area (Å²) in [5.74, 6) is -1.63. The molecule has 3 N–H and O–H groups in total. The van der Waals surface area contributed by atoms with Crippen molar-refractivity contribution in [2.45, 2.75) is 110 Å². The summed E-state index contributed by atoms with van der Waals surface area (Å²) in [6.45, 7) is 16.9. The number of nitrogens with one attached hydrogen (secondary N) is 1. The zero-order valence-corrected chi connectivity index (χ0v) is 19.0. The van der Waals surface area contributed by atoms with E-state index in [0.717, 1.165) is 6.42 Å². The maximum Gasteiger partial charge on any atom is 0.303 e. The molecule has 0 saturated carbocycles. The lowest BCUT2D eigenvalue weighted by molar-refractivity contribution is -0.140. The van der Waals surface area contributed by atoms with Gasteiger partial charge in [-0.25, -0.2) is 0 Å². The monoisotopic (exact) mass is 403 g/mol. The van der Waals surface area contributed by atoms with Gasteiger partial charge in [-0.3, -0.25) is 9.59 Å². The molecule has 0 radical (unpaired) electrons. The molecule has 7 nitrogen and oxygen atoms in total. The second kappa shape index (κ2) is 10.6. The van der Waals surface area contributed by atoms with Gasteiger partial charge in [0, 0.05) is 30.5 Å². The summed E-state index contributed by atoms with van der Waals surface area (Å²) in [6.07, 6.45) is 1.87. The summed E-state index contributed by atoms with van der Waals surface area (Å²) >= 11 is 0. The number of rotatable bonds is 15. The van der Waals surface area contributed by atoms with Crippen molar-refractivity contribution in [3.05, 3.63) is 0 Å². The predicted octanol–water partition coefficient (Wildman–Crippen LogP) is 3.84. The van der Waals surface area contributed by atoms with Crippen LogP contribution < -0.4 is 5.32 Å². The summed E-state index contributed by atoms with van der Waals surface area (Å²) < 4.78 is 11.9. The Labute approximate surface area is 170 Å². The first kappa shape index (κ1) is 26.8. The smallest absolute Gasteiger partial charge is 0.303 e. The third kappa shape index (κ3) is 13.9. The van der Waals surface area contributed by atoms with Gasteiger partial charge in [-0.2, -0.15) is 0 Å². The molecule has 28 heavy (non-hydrogen) atoms. The van der Waals surface area contributed by atoms with E-state index in [9.17, 15) is 9.59 Å². The Bertz CT molecular complexity index is 511. The van der Waals surface area contributed by atoms with Crippen molar-refractivity contribution >= 4 is 11.9 Å². The van der Waals surface area contributed by atoms with E-state index in [1.165, 1.54) is 0 Å². The van der Waals surface area contributed by atoms with Crippen LogP contribution in [0.1, 0.15) is 87.5 Å². The van der Waals surface area contributed by atoms with E-state index in [2.05, 4.69) is 33.0 Å². The predicted molar refractivity (Wildman–Crippen MR) is 110 cm³/mol. The average molecular weight is 404 g/mol. The third-order valence-electron chi connectivity index (χ3n) is 4.60. The summed E-state index contributed by atoms with van der Waals surface area (Å²) in [5, 5.41) is 21.3. The molecule has 7 heteroatoms. The van der Waals surface area contributed by atoms with E-state index < -0.39 is 23.1 Å². The van der Waals surface area contributed by atoms with Gasteiger partial charge in [0.05, 0.1) is 17.8 Å². The van der Waals surface area contributed by atoms with Crippen LogP contribution in [0.15, 0.2) is 0 Å². The van der Waals surface area contributed by atoms with E-state index >= 15 is 0 Å². The number of carboxylic acid groups (broad SMARTS) is 2. The second-order valence-corrected chi connectivity index (χ2v) is 10.1. The highest BCUT2D eigenvalue weighted by atomic mass is 16.5. The van der Waals surface area contributed by atoms with Gasteiger partial charge < -0.3 is 25.0 Å². The molecule has 166 valence electrons. The van der Waals surface area contributed by atoms with E-state index in [1.807, 2.05) is 27.7 Å². The van der Waals surface area contributed by atoms with Crippen molar-refractivity contribution in [2.75, 3.05) is 13.2 Å². The zero-order chi connectivity index (χ0) is 22.2. The Morgan fingerprint density at radius 2 is 1.14 bits per heavy atom. The van der Waals surface area contributed by atoms with Crippen LogP contribution in [-0.4, -0.2) is 57.6 Å². The fourth-order valence-corrected chi connectivity index (χ4v) is 2.93. The number of aliphatic carboxylic acids is 2. The Morgan fingerprint density at radius 3 is 1.57 bits per heavy atom. The number of hydrogen-bond donors (Lipinski definition) is 3. The Kier molecular flexibility index (Phi) is 10.1. The summed E-state index contributed by atoms with van der Waals surface area (Å²) in [5.41, 5.74) is -1.48. The Balaban J connectivity index is 4.48. The molecule has 0 heterocycles. The van der Waals surface area contributed by atoms with E-state index in [1.54, 1.807) is 0 Å². The lowest BCUT2D eigenvalue weighted by atomic mass is 9.94. The van der Waals surface area contributed by atoms with Crippen LogP contribution in [-0.2, 0) is 19.1 Å². The molecule has 0 bridgehead atoms. The van der Waals surface area contributed by atoms with Crippen LogP contribution in [0.5, 0.6) is 0 Å². The maximum absolute atomic E-state index is 10.8. The fourth-order valence-electron chi connectivity index (χ4n) is 2.93. The molecule has 0 saturated heterocycles. The normalized spacial score (nSPS) is 13.6. The average Bonchev–Trinajstić information content (AvgIpc) is 2.48. The SMILES string of the molecule is CC(C)(CCOC(C)(C)CCC(=O)O)NC(C)(C)COC(C)(C)CCC(=O)O. The Hall–Kier alpha value is -1.18. The van der Waals surface area contributed by atoms with Gasteiger partial charge in [0.1, 0.15) is 0 Å². The van der Waals surface area contributed by atoms with Gasteiger partial charge in [0.2, 0.25) is 0 Å². The molecule has 0 aromatic rings. The molecular formula is C21H41NO6. The molecule has 0 atom stereocenters. The van der Waals surface area contributed by atoms with Crippen molar-refractivity contribution in [3.63, 3.8) is 0 Å². The van der Waals surface area contributed by atoms with Gasteiger partial charge in [-0.1, -0.05) is 0 Å². The van der Waals surface area contributed by atoms with Crippen molar-refractivity contribution in [1.29, 1.82) is 0 Å². The van der Waals surface area contributed by atoms with Crippen LogP contribution in [0.25, 0.3) is 0 Å². The molecule has 0 amide bonds. The van der Waals surface area contributed by atoms with Gasteiger partial charge in [-0.05, 0) is 74.7 Å². The molecule has 0 aromatic carbocycles. The summed E-state index contributed by atoms with van der Waals surface area (Å²) in [7, 11) is 0. The van der Waals surface area contributed by atoms with Crippen molar-refractivity contribution < 1.29 is 29.3 Å². The molecule has 0 rings (SSSR count). The van der Waals surface area contributed by atoms with Gasteiger partial charge >= 0.3 is 11.9 Å². The topological polar surface area (TPSA) is 105 Å². The first-order valence-electron chi connectivity index (χ1n) is 9.96. The largest absolute Gasteiger partial charge is 0.481 e. The lowest BCUT2D eigenvalue weighted by Crippen LogP contribution is -2.55. The third-order valence-corrected chi connectivity index (χ3v) is 4.60. The highest BCUT2D eigenvalue weighted by Crippen LogP contribution is 2.23. The minimum Gasteiger partial charge on any atom is -0.481 e. The molecule has 0 unspecified atom stereocenters. The van der Waals surface area contributed by atoms with Crippen LogP contribution in [0.2, 0.25) is 0 Å². The van der Waals surface area contributed by atoms with Gasteiger partial charge in [-0.15, -0.1) is 0 Å². The summed E-state index contributed by atoms with van der Waals surface area (Å²) in [6, 6.07) is 0. The Morgan fingerprint density at radius 1 is 0.714 bits per heavy atom. The number of carbonyl (C=O) groups is 2. The van der Waals surface area contributed by atoms with Gasteiger partial charge in [0.25, 0.3) is 0 Å². The van der Waals surface area contributed by atoms with Crippen LogP contribution in [0, 0.1) is 0 Å². The second-order valence-electron chi connectivity index (χ2n) is 10.1. The minimum atomic E-state index is -0.818. The molecule has 0 aliphatic heterocycles. The number of hydrogen-bond acceptors (Lipinski definition) is 5. The highest BCUT2D eigenvalue weighted by Gasteiger charge is 2.31. The lowest BCUT2D eigenvalue weighted by Gasteiger charge is -2.39. The van der Waals surface area contributed by atoms with E-state index in [-0.39, 0.29) is 23.9 Å². The van der Waals surface area contributed by atoms with Gasteiger partial charge in [0.15, 0.2) is 0 Å². The standard InChI is InChI=1S/C21H41NO6/c1-18(2,13-14-27-20(5,6)11-9-16(23)24)22-19(3,4)15-28-21(7,8)12-10-17(25)26/h22H,9-15H2,1-8H3,(H,23,24)(H,25,26). The quantitative estimate of drug-likeness (QED) is 0.381. The molecule has 0 spiro atoms. The van der Waals surface area contributed by atoms with Crippen molar-refractivity contribution in [3.8, 4) is 0 Å². The van der Waals surface area contributed by atoms with Crippen LogP contribution in [0.4, 0.5) is 0 Å². The summed E-state index contributed by atoms with van der Waals surface area (Å²) in [4.78, 5) is 21.5. The van der Waals surface area contributed by atoms with Crippen molar-refractivity contribution in [2.24, 2.45) is 0 Å². The molecule has 0 aliphatic carbocycles.